The predicted octanol–water partition coefficient (Wildman–Crippen LogP) is 6.01. The van der Waals surface area contributed by atoms with E-state index in [1.165, 1.54) is 16.0 Å². The number of nitrogens with zero attached hydrogens (tertiary/aromatic N) is 3. The van der Waals surface area contributed by atoms with Gasteiger partial charge in [-0.05, 0) is 55.3 Å². The number of halogens is 1. The molecule has 6 heteroatoms. The Bertz CT molecular complexity index is 1010. The maximum absolute atomic E-state index is 11.8. The van der Waals surface area contributed by atoms with E-state index in [9.17, 15) is 9.90 Å². The Morgan fingerprint density at radius 1 is 0.971 bits per heavy atom. The Kier molecular flexibility index (Phi) is 8.22. The Hall–Kier alpha value is -2.86. The van der Waals surface area contributed by atoms with Gasteiger partial charge in [0.25, 0.3) is 0 Å². The van der Waals surface area contributed by atoms with Gasteiger partial charge < -0.3 is 10.0 Å². The van der Waals surface area contributed by atoms with E-state index < -0.39 is 6.09 Å². The SMILES string of the molecule is CC1CN(CCCN(C(=O)O)c2ccc(Cl)cc2)CCN1C(c1ccccc1)c1ccccc1. The summed E-state index contributed by atoms with van der Waals surface area (Å²) < 4.78 is 0. The first-order valence-electron chi connectivity index (χ1n) is 11.9. The van der Waals surface area contributed by atoms with Crippen LogP contribution in [0.2, 0.25) is 5.02 Å². The highest BCUT2D eigenvalue weighted by atomic mass is 35.5. The van der Waals surface area contributed by atoms with Crippen molar-refractivity contribution in [2.45, 2.75) is 25.4 Å². The van der Waals surface area contributed by atoms with Crippen molar-refractivity contribution in [3.8, 4) is 0 Å². The van der Waals surface area contributed by atoms with Crippen LogP contribution in [0.3, 0.4) is 0 Å². The highest BCUT2D eigenvalue weighted by Gasteiger charge is 2.31. The Morgan fingerprint density at radius 3 is 2.09 bits per heavy atom. The van der Waals surface area contributed by atoms with Crippen LogP contribution in [0.5, 0.6) is 0 Å². The molecule has 0 radical (unpaired) electrons. The molecule has 1 saturated heterocycles. The molecule has 0 spiro atoms. The van der Waals surface area contributed by atoms with Gasteiger partial charge in [-0.1, -0.05) is 72.3 Å². The van der Waals surface area contributed by atoms with Crippen LogP contribution < -0.4 is 4.90 Å². The quantitative estimate of drug-likeness (QED) is 0.431. The van der Waals surface area contributed by atoms with Gasteiger partial charge in [0.05, 0.1) is 6.04 Å². The second-order valence-electron chi connectivity index (χ2n) is 8.88. The molecule has 1 fully saturated rings. The van der Waals surface area contributed by atoms with Crippen molar-refractivity contribution in [1.29, 1.82) is 0 Å². The first-order valence-corrected chi connectivity index (χ1v) is 12.2. The van der Waals surface area contributed by atoms with Crippen LogP contribution in [0.15, 0.2) is 84.9 Å². The second-order valence-corrected chi connectivity index (χ2v) is 9.31. The van der Waals surface area contributed by atoms with Crippen LogP contribution in [-0.4, -0.2) is 59.8 Å². The normalized spacial score (nSPS) is 17.1. The van der Waals surface area contributed by atoms with E-state index in [0.717, 1.165) is 32.6 Å². The summed E-state index contributed by atoms with van der Waals surface area (Å²) in [7, 11) is 0. The molecule has 1 atom stereocenters. The molecule has 3 aromatic rings. The maximum atomic E-state index is 11.8. The fourth-order valence-corrected chi connectivity index (χ4v) is 5.01. The molecule has 0 aliphatic carbocycles. The van der Waals surface area contributed by atoms with Crippen molar-refractivity contribution in [2.75, 3.05) is 37.6 Å². The topological polar surface area (TPSA) is 47.0 Å². The lowest BCUT2D eigenvalue weighted by Crippen LogP contribution is -2.53. The van der Waals surface area contributed by atoms with Gasteiger partial charge in [0.15, 0.2) is 0 Å². The summed E-state index contributed by atoms with van der Waals surface area (Å²) >= 11 is 5.95. The van der Waals surface area contributed by atoms with Crippen LogP contribution in [0.25, 0.3) is 0 Å². The first-order chi connectivity index (χ1) is 16.5. The zero-order valence-electron chi connectivity index (χ0n) is 19.6. The summed E-state index contributed by atoms with van der Waals surface area (Å²) in [5.74, 6) is 0. The molecule has 5 nitrogen and oxygen atoms in total. The largest absolute Gasteiger partial charge is 0.465 e. The van der Waals surface area contributed by atoms with E-state index in [0.29, 0.717) is 23.3 Å². The number of piperazine rings is 1. The number of carbonyl (C=O) groups is 1. The zero-order chi connectivity index (χ0) is 23.9. The van der Waals surface area contributed by atoms with Gasteiger partial charge in [0.1, 0.15) is 0 Å². The molecule has 0 aromatic heterocycles. The van der Waals surface area contributed by atoms with E-state index in [1.807, 2.05) is 0 Å². The molecule has 1 aliphatic heterocycles. The lowest BCUT2D eigenvalue weighted by atomic mass is 9.95. The Labute approximate surface area is 207 Å². The monoisotopic (exact) mass is 477 g/mol. The van der Waals surface area contributed by atoms with Crippen molar-refractivity contribution in [3.05, 3.63) is 101 Å². The molecule has 1 N–H and O–H groups in total. The third-order valence-corrected chi connectivity index (χ3v) is 6.80. The summed E-state index contributed by atoms with van der Waals surface area (Å²) in [6.45, 7) is 6.52. The summed E-state index contributed by atoms with van der Waals surface area (Å²) in [6.07, 6.45) is -0.156. The van der Waals surface area contributed by atoms with E-state index in [4.69, 9.17) is 11.6 Å². The van der Waals surface area contributed by atoms with Gasteiger partial charge in [-0.25, -0.2) is 4.79 Å². The molecule has 3 aromatic carbocycles. The molecule has 0 bridgehead atoms. The van der Waals surface area contributed by atoms with Crippen LogP contribution in [-0.2, 0) is 0 Å². The third-order valence-electron chi connectivity index (χ3n) is 6.55. The third kappa shape index (κ3) is 5.98. The second kappa shape index (κ2) is 11.5. The van der Waals surface area contributed by atoms with Crippen LogP contribution in [0, 0.1) is 0 Å². The van der Waals surface area contributed by atoms with Gasteiger partial charge in [-0.2, -0.15) is 0 Å². The predicted molar refractivity (Wildman–Crippen MR) is 139 cm³/mol. The van der Waals surface area contributed by atoms with E-state index in [-0.39, 0.29) is 6.04 Å². The Morgan fingerprint density at radius 2 is 1.56 bits per heavy atom. The molecular weight excluding hydrogens is 446 g/mol. The first kappa shape index (κ1) is 24.3. The molecule has 4 rings (SSSR count). The number of benzene rings is 3. The number of anilines is 1. The van der Waals surface area contributed by atoms with Gasteiger partial charge in [0.2, 0.25) is 0 Å². The van der Waals surface area contributed by atoms with E-state index in [1.54, 1.807) is 24.3 Å². The molecule has 178 valence electrons. The van der Waals surface area contributed by atoms with Crippen molar-refractivity contribution in [1.82, 2.24) is 9.80 Å². The zero-order valence-corrected chi connectivity index (χ0v) is 20.3. The molecule has 1 aliphatic rings. The van der Waals surface area contributed by atoms with Gasteiger partial charge >= 0.3 is 6.09 Å². The van der Waals surface area contributed by atoms with Gasteiger partial charge in [0, 0.05) is 42.9 Å². The van der Waals surface area contributed by atoms with Crippen LogP contribution in [0.4, 0.5) is 10.5 Å². The van der Waals surface area contributed by atoms with Crippen molar-refractivity contribution < 1.29 is 9.90 Å². The molecule has 1 amide bonds. The Balaban J connectivity index is 1.37. The average molecular weight is 478 g/mol. The van der Waals surface area contributed by atoms with Crippen molar-refractivity contribution >= 4 is 23.4 Å². The number of rotatable bonds is 8. The fraction of sp³-hybridized carbons (Fsp3) is 0.321. The minimum Gasteiger partial charge on any atom is -0.465 e. The van der Waals surface area contributed by atoms with Crippen LogP contribution in [0.1, 0.15) is 30.5 Å². The minimum atomic E-state index is -0.936. The molecule has 34 heavy (non-hydrogen) atoms. The molecule has 1 heterocycles. The van der Waals surface area contributed by atoms with E-state index >= 15 is 0 Å². The summed E-state index contributed by atoms with van der Waals surface area (Å²) in [5.41, 5.74) is 3.28. The van der Waals surface area contributed by atoms with Crippen molar-refractivity contribution in [3.63, 3.8) is 0 Å². The lowest BCUT2D eigenvalue weighted by Gasteiger charge is -2.44. The number of amides is 1. The molecular formula is C28H32ClN3O2. The summed E-state index contributed by atoms with van der Waals surface area (Å²) in [5, 5.41) is 10.3. The molecule has 1 unspecified atom stereocenters. The van der Waals surface area contributed by atoms with Crippen LogP contribution >= 0.6 is 11.6 Å². The maximum Gasteiger partial charge on any atom is 0.411 e. The van der Waals surface area contributed by atoms with Gasteiger partial charge in [-0.3, -0.25) is 9.80 Å². The fourth-order valence-electron chi connectivity index (χ4n) is 4.89. The number of carboxylic acid groups (broad SMARTS) is 1. The van der Waals surface area contributed by atoms with E-state index in [2.05, 4.69) is 77.4 Å². The standard InChI is InChI=1S/C28H32ClN3O2/c1-22-21-30(17-8-18-32(28(33)34)26-15-13-25(29)14-16-26)19-20-31(22)27(23-9-4-2-5-10-23)24-11-6-3-7-12-24/h2-7,9-16,22,27H,8,17-21H2,1H3,(H,33,34). The smallest absolute Gasteiger partial charge is 0.411 e. The van der Waals surface area contributed by atoms with Gasteiger partial charge in [-0.15, -0.1) is 0 Å². The average Bonchev–Trinajstić information content (AvgIpc) is 2.85. The highest BCUT2D eigenvalue weighted by molar-refractivity contribution is 6.30. The summed E-state index contributed by atoms with van der Waals surface area (Å²) in [4.78, 5) is 18.2. The minimum absolute atomic E-state index is 0.229. The molecule has 0 saturated carbocycles. The van der Waals surface area contributed by atoms with Crippen molar-refractivity contribution in [2.24, 2.45) is 0 Å². The summed E-state index contributed by atoms with van der Waals surface area (Å²) in [6, 6.07) is 29.0. The number of hydrogen-bond donors (Lipinski definition) is 1. The highest BCUT2D eigenvalue weighted by Crippen LogP contribution is 2.31. The lowest BCUT2D eigenvalue weighted by molar-refractivity contribution is 0.0605. The number of hydrogen-bond acceptors (Lipinski definition) is 3.